The Hall–Kier alpha value is -1.42. The zero-order valence-electron chi connectivity index (χ0n) is 8.03. The molecule has 0 spiro atoms. The van der Waals surface area contributed by atoms with Gasteiger partial charge >= 0.3 is 0 Å². The van der Waals surface area contributed by atoms with Crippen molar-refractivity contribution in [2.45, 2.75) is 19.6 Å². The highest BCUT2D eigenvalue weighted by atomic mass is 19.3. The zero-order chi connectivity index (χ0) is 10.8. The molecule has 0 bridgehead atoms. The number of rotatable bonds is 3. The van der Waals surface area contributed by atoms with Crippen molar-refractivity contribution >= 4 is 10.9 Å². The predicted octanol–water partition coefficient (Wildman–Crippen LogP) is 2.40. The molecule has 4 heteroatoms. The predicted molar refractivity (Wildman–Crippen MR) is 53.9 cm³/mol. The molecule has 0 aliphatic carbocycles. The van der Waals surface area contributed by atoms with Crippen molar-refractivity contribution in [2.24, 2.45) is 0 Å². The number of fused-ring (bicyclic) bond motifs is 1. The lowest BCUT2D eigenvalue weighted by atomic mass is 10.1. The van der Waals surface area contributed by atoms with Gasteiger partial charge in [-0.3, -0.25) is 0 Å². The van der Waals surface area contributed by atoms with E-state index in [4.69, 9.17) is 5.11 Å². The first-order chi connectivity index (χ1) is 7.22. The maximum Gasteiger partial charge on any atom is 0.256 e. The first-order valence-electron chi connectivity index (χ1n) is 4.68. The largest absolute Gasteiger partial charge is 0.392 e. The van der Waals surface area contributed by atoms with Crippen LogP contribution in [0.15, 0.2) is 30.5 Å². The summed E-state index contributed by atoms with van der Waals surface area (Å²) < 4.78 is 26.0. The van der Waals surface area contributed by atoms with Crippen molar-refractivity contribution in [3.63, 3.8) is 0 Å². The number of benzene rings is 1. The van der Waals surface area contributed by atoms with E-state index in [1.807, 2.05) is 6.07 Å². The molecule has 2 rings (SSSR count). The molecule has 0 aliphatic heterocycles. The summed E-state index contributed by atoms with van der Waals surface area (Å²) in [7, 11) is 0. The number of nitrogens with zero attached hydrogens (tertiary/aromatic N) is 1. The van der Waals surface area contributed by atoms with Crippen LogP contribution in [0.2, 0.25) is 0 Å². The smallest absolute Gasteiger partial charge is 0.256 e. The Bertz CT molecular complexity index is 465. The average molecular weight is 211 g/mol. The Morgan fingerprint density at radius 1 is 1.27 bits per heavy atom. The summed E-state index contributed by atoms with van der Waals surface area (Å²) in [6, 6.07) is 7.16. The standard InChI is InChI=1S/C11H11F2NO/c12-10(13)6-14-5-4-8-2-1-3-9(7-15)11(8)14/h1-5,10,15H,6-7H2. The topological polar surface area (TPSA) is 25.2 Å². The lowest BCUT2D eigenvalue weighted by Gasteiger charge is -2.07. The van der Waals surface area contributed by atoms with Crippen molar-refractivity contribution in [1.29, 1.82) is 0 Å². The molecule has 0 fully saturated rings. The molecule has 0 saturated carbocycles. The minimum absolute atomic E-state index is 0.134. The summed E-state index contributed by atoms with van der Waals surface area (Å²) in [5.41, 5.74) is 1.37. The van der Waals surface area contributed by atoms with E-state index in [1.165, 1.54) is 4.57 Å². The highest BCUT2D eigenvalue weighted by Gasteiger charge is 2.09. The molecular formula is C11H11F2NO. The van der Waals surface area contributed by atoms with Gasteiger partial charge in [0, 0.05) is 11.8 Å². The molecule has 2 nitrogen and oxygen atoms in total. The second-order valence-electron chi connectivity index (χ2n) is 3.37. The van der Waals surface area contributed by atoms with Crippen LogP contribution in [-0.4, -0.2) is 16.1 Å². The third-order valence-corrected chi connectivity index (χ3v) is 2.38. The van der Waals surface area contributed by atoms with Gasteiger partial charge in [-0.1, -0.05) is 18.2 Å². The fourth-order valence-electron chi connectivity index (χ4n) is 1.77. The summed E-state index contributed by atoms with van der Waals surface area (Å²) in [6.07, 6.45) is -0.761. The molecule has 2 aromatic rings. The van der Waals surface area contributed by atoms with Gasteiger partial charge in [-0.05, 0) is 11.5 Å². The van der Waals surface area contributed by atoms with Crippen LogP contribution in [-0.2, 0) is 13.2 Å². The number of aromatic nitrogens is 1. The molecule has 1 aromatic carbocycles. The summed E-state index contributed by atoms with van der Waals surface area (Å²) in [6.45, 7) is -0.467. The Balaban J connectivity index is 2.55. The summed E-state index contributed by atoms with van der Waals surface area (Å²) >= 11 is 0. The molecule has 0 aliphatic rings. The van der Waals surface area contributed by atoms with Gasteiger partial charge in [0.15, 0.2) is 0 Å². The molecule has 15 heavy (non-hydrogen) atoms. The SMILES string of the molecule is OCc1cccc2ccn(CC(F)F)c12. The number of aliphatic hydroxyl groups is 1. The highest BCUT2D eigenvalue weighted by molar-refractivity contribution is 5.83. The number of hydrogen-bond donors (Lipinski definition) is 1. The summed E-state index contributed by atoms with van der Waals surface area (Å²) in [5, 5.41) is 9.99. The van der Waals surface area contributed by atoms with Crippen LogP contribution < -0.4 is 0 Å². The molecule has 0 amide bonds. The van der Waals surface area contributed by atoms with Gasteiger partial charge in [0.2, 0.25) is 0 Å². The monoisotopic (exact) mass is 211 g/mol. The van der Waals surface area contributed by atoms with Gasteiger partial charge in [0.05, 0.1) is 18.7 Å². The molecule has 0 saturated heterocycles. The normalized spacial score (nSPS) is 11.5. The van der Waals surface area contributed by atoms with Crippen molar-refractivity contribution < 1.29 is 13.9 Å². The van der Waals surface area contributed by atoms with Crippen LogP contribution in [0.4, 0.5) is 8.78 Å². The van der Waals surface area contributed by atoms with Gasteiger partial charge in [0.25, 0.3) is 6.43 Å². The van der Waals surface area contributed by atoms with Crippen LogP contribution >= 0.6 is 0 Å². The Kier molecular flexibility index (Phi) is 2.68. The first-order valence-corrected chi connectivity index (χ1v) is 4.68. The first kappa shape index (κ1) is 10.1. The third-order valence-electron chi connectivity index (χ3n) is 2.38. The van der Waals surface area contributed by atoms with E-state index >= 15 is 0 Å². The van der Waals surface area contributed by atoms with Gasteiger partial charge in [0.1, 0.15) is 0 Å². The molecule has 0 radical (unpaired) electrons. The van der Waals surface area contributed by atoms with Gasteiger partial charge < -0.3 is 9.67 Å². The summed E-state index contributed by atoms with van der Waals surface area (Å²) in [4.78, 5) is 0. The number of alkyl halides is 2. The Morgan fingerprint density at radius 3 is 2.73 bits per heavy atom. The van der Waals surface area contributed by atoms with Gasteiger partial charge in [-0.25, -0.2) is 8.78 Å². The quantitative estimate of drug-likeness (QED) is 0.828. The van der Waals surface area contributed by atoms with E-state index in [-0.39, 0.29) is 13.2 Å². The molecule has 1 N–H and O–H groups in total. The lowest BCUT2D eigenvalue weighted by molar-refractivity contribution is 0.128. The van der Waals surface area contributed by atoms with E-state index in [2.05, 4.69) is 0 Å². The highest BCUT2D eigenvalue weighted by Crippen LogP contribution is 2.21. The number of hydrogen-bond acceptors (Lipinski definition) is 1. The number of aliphatic hydroxyl groups excluding tert-OH is 1. The van der Waals surface area contributed by atoms with Crippen molar-refractivity contribution in [2.75, 3.05) is 0 Å². The van der Waals surface area contributed by atoms with E-state index in [1.54, 1.807) is 24.4 Å². The number of halogens is 2. The van der Waals surface area contributed by atoms with Crippen molar-refractivity contribution in [3.8, 4) is 0 Å². The minimum Gasteiger partial charge on any atom is -0.392 e. The van der Waals surface area contributed by atoms with Gasteiger partial charge in [-0.15, -0.1) is 0 Å². The van der Waals surface area contributed by atoms with E-state index < -0.39 is 6.43 Å². The fourth-order valence-corrected chi connectivity index (χ4v) is 1.77. The Labute approximate surface area is 85.8 Å². The summed E-state index contributed by atoms with van der Waals surface area (Å²) in [5.74, 6) is 0. The lowest BCUT2D eigenvalue weighted by Crippen LogP contribution is -2.06. The van der Waals surface area contributed by atoms with Crippen LogP contribution in [0, 0.1) is 0 Å². The maximum atomic E-state index is 12.3. The van der Waals surface area contributed by atoms with Crippen LogP contribution in [0.5, 0.6) is 0 Å². The molecule has 1 heterocycles. The maximum absolute atomic E-state index is 12.3. The second kappa shape index (κ2) is 3.98. The molecule has 0 unspecified atom stereocenters. The molecular weight excluding hydrogens is 200 g/mol. The van der Waals surface area contributed by atoms with E-state index in [9.17, 15) is 8.78 Å². The molecule has 1 aromatic heterocycles. The Morgan fingerprint density at radius 2 is 2.07 bits per heavy atom. The van der Waals surface area contributed by atoms with Crippen LogP contribution in [0.3, 0.4) is 0 Å². The van der Waals surface area contributed by atoms with Crippen molar-refractivity contribution in [1.82, 2.24) is 4.57 Å². The van der Waals surface area contributed by atoms with Crippen LogP contribution in [0.1, 0.15) is 5.56 Å². The minimum atomic E-state index is -2.38. The molecule has 0 atom stereocenters. The van der Waals surface area contributed by atoms with Crippen molar-refractivity contribution in [3.05, 3.63) is 36.0 Å². The van der Waals surface area contributed by atoms with Gasteiger partial charge in [-0.2, -0.15) is 0 Å². The fraction of sp³-hybridized carbons (Fsp3) is 0.273. The number of para-hydroxylation sites is 1. The van der Waals surface area contributed by atoms with E-state index in [0.717, 1.165) is 5.39 Å². The van der Waals surface area contributed by atoms with E-state index in [0.29, 0.717) is 11.1 Å². The molecule has 80 valence electrons. The second-order valence-corrected chi connectivity index (χ2v) is 3.37. The third kappa shape index (κ3) is 1.85. The zero-order valence-corrected chi connectivity index (χ0v) is 8.03. The average Bonchev–Trinajstić information content (AvgIpc) is 2.61. The van der Waals surface area contributed by atoms with Crippen LogP contribution in [0.25, 0.3) is 10.9 Å².